The first-order chi connectivity index (χ1) is 10.1. The first-order valence-electron chi connectivity index (χ1n) is 7.49. The molecule has 1 aromatic rings. The first-order valence-corrected chi connectivity index (χ1v) is 7.49. The molecule has 0 saturated carbocycles. The summed E-state index contributed by atoms with van der Waals surface area (Å²) in [6, 6.07) is 7.16. The van der Waals surface area contributed by atoms with Crippen LogP contribution in [0.15, 0.2) is 24.3 Å². The van der Waals surface area contributed by atoms with Gasteiger partial charge in [-0.1, -0.05) is 13.0 Å². The molecule has 1 aliphatic heterocycles. The van der Waals surface area contributed by atoms with Gasteiger partial charge in [0.15, 0.2) is 0 Å². The van der Waals surface area contributed by atoms with Crippen LogP contribution in [-0.4, -0.2) is 49.4 Å². The zero-order chi connectivity index (χ0) is 15.2. The average molecular weight is 326 g/mol. The Morgan fingerprint density at radius 2 is 2.09 bits per heavy atom. The van der Waals surface area contributed by atoms with Gasteiger partial charge in [0.25, 0.3) is 11.8 Å². The fraction of sp³-hybridized carbons (Fsp3) is 0.500. The van der Waals surface area contributed by atoms with Crippen molar-refractivity contribution in [1.29, 1.82) is 0 Å². The van der Waals surface area contributed by atoms with Crippen LogP contribution in [0.3, 0.4) is 0 Å². The van der Waals surface area contributed by atoms with Crippen molar-refractivity contribution < 1.29 is 9.59 Å². The summed E-state index contributed by atoms with van der Waals surface area (Å²) < 4.78 is 0. The Bertz CT molecular complexity index is 516. The molecule has 2 N–H and O–H groups in total. The molecule has 0 radical (unpaired) electrons. The maximum atomic E-state index is 12.5. The van der Waals surface area contributed by atoms with E-state index in [1.165, 1.54) is 0 Å². The normalized spacial score (nSPS) is 16.7. The number of benzene rings is 1. The van der Waals surface area contributed by atoms with Gasteiger partial charge in [0.1, 0.15) is 0 Å². The van der Waals surface area contributed by atoms with Gasteiger partial charge in [0, 0.05) is 37.3 Å². The minimum Gasteiger partial charge on any atom is -0.352 e. The van der Waals surface area contributed by atoms with E-state index in [1.807, 2.05) is 14.0 Å². The molecule has 1 fully saturated rings. The topological polar surface area (TPSA) is 61.4 Å². The molecule has 1 aliphatic rings. The third kappa shape index (κ3) is 4.45. The van der Waals surface area contributed by atoms with Crippen LogP contribution in [0.25, 0.3) is 0 Å². The Kier molecular flexibility index (Phi) is 7.35. The summed E-state index contributed by atoms with van der Waals surface area (Å²) in [6.07, 6.45) is 1.86. The van der Waals surface area contributed by atoms with E-state index >= 15 is 0 Å². The third-order valence-electron chi connectivity index (χ3n) is 3.81. The van der Waals surface area contributed by atoms with E-state index in [1.54, 1.807) is 29.2 Å². The lowest BCUT2D eigenvalue weighted by Crippen LogP contribution is -2.38. The van der Waals surface area contributed by atoms with E-state index in [4.69, 9.17) is 0 Å². The summed E-state index contributed by atoms with van der Waals surface area (Å²) in [4.78, 5) is 26.2. The van der Waals surface area contributed by atoms with E-state index in [0.29, 0.717) is 17.7 Å². The standard InChI is InChI=1S/C16H23N3O2.ClH/c1-3-8-18-15(20)12-5-4-6-13(10-12)16(21)19(2)14-7-9-17-11-14;/h4-6,10,14,17H,3,7-9,11H2,1-2H3,(H,18,20);1H. The van der Waals surface area contributed by atoms with Crippen LogP contribution < -0.4 is 10.6 Å². The second-order valence-electron chi connectivity index (χ2n) is 5.40. The number of hydrogen-bond acceptors (Lipinski definition) is 3. The molecule has 2 amide bonds. The van der Waals surface area contributed by atoms with Crippen LogP contribution in [0.4, 0.5) is 0 Å². The van der Waals surface area contributed by atoms with E-state index in [2.05, 4.69) is 10.6 Å². The van der Waals surface area contributed by atoms with Gasteiger partial charge < -0.3 is 15.5 Å². The number of hydrogen-bond donors (Lipinski definition) is 2. The van der Waals surface area contributed by atoms with Crippen molar-refractivity contribution in [2.45, 2.75) is 25.8 Å². The number of nitrogens with one attached hydrogen (secondary N) is 2. The average Bonchev–Trinajstić information content (AvgIpc) is 3.05. The Morgan fingerprint density at radius 3 is 2.73 bits per heavy atom. The summed E-state index contributed by atoms with van der Waals surface area (Å²) in [7, 11) is 1.82. The molecule has 2 rings (SSSR count). The molecule has 1 saturated heterocycles. The fourth-order valence-electron chi connectivity index (χ4n) is 2.47. The Balaban J connectivity index is 0.00000242. The van der Waals surface area contributed by atoms with Gasteiger partial charge in [0.05, 0.1) is 0 Å². The van der Waals surface area contributed by atoms with Crippen molar-refractivity contribution in [2.24, 2.45) is 0 Å². The molecular formula is C16H24ClN3O2. The molecule has 0 bridgehead atoms. The predicted octanol–water partition coefficient (Wildman–Crippen LogP) is 1.68. The molecule has 22 heavy (non-hydrogen) atoms. The second kappa shape index (κ2) is 8.76. The second-order valence-corrected chi connectivity index (χ2v) is 5.40. The van der Waals surface area contributed by atoms with Crippen molar-refractivity contribution >= 4 is 24.2 Å². The molecule has 0 aliphatic carbocycles. The van der Waals surface area contributed by atoms with E-state index in [-0.39, 0.29) is 30.3 Å². The maximum absolute atomic E-state index is 12.5. The highest BCUT2D eigenvalue weighted by molar-refractivity contribution is 5.99. The van der Waals surface area contributed by atoms with Gasteiger partial charge in [0.2, 0.25) is 0 Å². The Morgan fingerprint density at radius 1 is 1.36 bits per heavy atom. The molecule has 0 spiro atoms. The summed E-state index contributed by atoms with van der Waals surface area (Å²) in [6.45, 7) is 4.43. The lowest BCUT2D eigenvalue weighted by Gasteiger charge is -2.24. The first kappa shape index (κ1) is 18.5. The van der Waals surface area contributed by atoms with Gasteiger partial charge in [-0.3, -0.25) is 9.59 Å². The van der Waals surface area contributed by atoms with Crippen LogP contribution in [0.2, 0.25) is 0 Å². The summed E-state index contributed by atoms with van der Waals surface area (Å²) in [5.41, 5.74) is 1.10. The molecule has 6 heteroatoms. The van der Waals surface area contributed by atoms with Gasteiger partial charge >= 0.3 is 0 Å². The number of amides is 2. The quantitative estimate of drug-likeness (QED) is 0.866. The van der Waals surface area contributed by atoms with Crippen molar-refractivity contribution in [1.82, 2.24) is 15.5 Å². The van der Waals surface area contributed by atoms with Gasteiger partial charge in [-0.15, -0.1) is 12.4 Å². The largest absolute Gasteiger partial charge is 0.352 e. The van der Waals surface area contributed by atoms with Crippen molar-refractivity contribution in [2.75, 3.05) is 26.7 Å². The summed E-state index contributed by atoms with van der Waals surface area (Å²) in [5, 5.41) is 6.08. The van der Waals surface area contributed by atoms with Crippen LogP contribution in [-0.2, 0) is 0 Å². The van der Waals surface area contributed by atoms with Crippen LogP contribution in [0, 0.1) is 0 Å². The number of carbonyl (C=O) groups is 2. The number of likely N-dealkylation sites (N-methyl/N-ethyl adjacent to an activating group) is 1. The summed E-state index contributed by atoms with van der Waals surface area (Å²) in [5.74, 6) is -0.162. The van der Waals surface area contributed by atoms with Crippen molar-refractivity contribution in [3.8, 4) is 0 Å². The molecule has 0 aromatic heterocycles. The number of halogens is 1. The highest BCUT2D eigenvalue weighted by Gasteiger charge is 2.24. The number of carbonyl (C=O) groups excluding carboxylic acids is 2. The number of rotatable bonds is 5. The van der Waals surface area contributed by atoms with Gasteiger partial charge in [-0.05, 0) is 37.6 Å². The van der Waals surface area contributed by atoms with E-state index < -0.39 is 0 Å². The number of nitrogens with zero attached hydrogens (tertiary/aromatic N) is 1. The molecule has 5 nitrogen and oxygen atoms in total. The zero-order valence-electron chi connectivity index (χ0n) is 13.1. The van der Waals surface area contributed by atoms with Gasteiger partial charge in [-0.25, -0.2) is 0 Å². The molecule has 1 unspecified atom stereocenters. The highest BCUT2D eigenvalue weighted by Crippen LogP contribution is 2.13. The lowest BCUT2D eigenvalue weighted by atomic mass is 10.1. The highest BCUT2D eigenvalue weighted by atomic mass is 35.5. The van der Waals surface area contributed by atoms with Gasteiger partial charge in [-0.2, -0.15) is 0 Å². The molecule has 122 valence electrons. The minimum atomic E-state index is -0.128. The van der Waals surface area contributed by atoms with Crippen LogP contribution >= 0.6 is 12.4 Å². The zero-order valence-corrected chi connectivity index (χ0v) is 13.9. The predicted molar refractivity (Wildman–Crippen MR) is 89.7 cm³/mol. The fourth-order valence-corrected chi connectivity index (χ4v) is 2.47. The minimum absolute atomic E-state index is 0. The summed E-state index contributed by atoms with van der Waals surface area (Å²) >= 11 is 0. The smallest absolute Gasteiger partial charge is 0.253 e. The SMILES string of the molecule is CCCNC(=O)c1cccc(C(=O)N(C)C2CCNC2)c1.Cl. The molecule has 1 atom stereocenters. The van der Waals surface area contributed by atoms with Crippen molar-refractivity contribution in [3.63, 3.8) is 0 Å². The molecular weight excluding hydrogens is 302 g/mol. The maximum Gasteiger partial charge on any atom is 0.253 e. The van der Waals surface area contributed by atoms with E-state index in [0.717, 1.165) is 25.9 Å². The third-order valence-corrected chi connectivity index (χ3v) is 3.81. The molecule has 1 aromatic carbocycles. The van der Waals surface area contributed by atoms with Crippen molar-refractivity contribution in [3.05, 3.63) is 35.4 Å². The monoisotopic (exact) mass is 325 g/mol. The molecule has 1 heterocycles. The van der Waals surface area contributed by atoms with Crippen LogP contribution in [0.1, 0.15) is 40.5 Å². The Hall–Kier alpha value is -1.59. The Labute approximate surface area is 137 Å². The van der Waals surface area contributed by atoms with Crippen LogP contribution in [0.5, 0.6) is 0 Å². The lowest BCUT2D eigenvalue weighted by molar-refractivity contribution is 0.0744. The van der Waals surface area contributed by atoms with E-state index in [9.17, 15) is 9.59 Å².